The molecule has 0 radical (unpaired) electrons. The van der Waals surface area contributed by atoms with E-state index in [-0.39, 0.29) is 18.5 Å². The molecule has 2 unspecified atom stereocenters. The lowest BCUT2D eigenvalue weighted by atomic mass is 9.83. The number of esters is 1. The summed E-state index contributed by atoms with van der Waals surface area (Å²) in [5.41, 5.74) is -0.446. The van der Waals surface area contributed by atoms with Crippen molar-refractivity contribution in [3.8, 4) is 0 Å². The van der Waals surface area contributed by atoms with Gasteiger partial charge in [0, 0.05) is 6.61 Å². The number of carbonyl (C=O) groups excluding carboxylic acids is 1. The van der Waals surface area contributed by atoms with Gasteiger partial charge in [0.1, 0.15) is 5.60 Å². The second-order valence-electron chi connectivity index (χ2n) is 5.84. The van der Waals surface area contributed by atoms with Crippen molar-refractivity contribution in [2.24, 2.45) is 17.8 Å². The molecule has 0 amide bonds. The van der Waals surface area contributed by atoms with Gasteiger partial charge in [-0.15, -0.1) is 0 Å². The van der Waals surface area contributed by atoms with E-state index < -0.39 is 5.60 Å². The van der Waals surface area contributed by atoms with E-state index in [1.807, 2.05) is 20.8 Å². The summed E-state index contributed by atoms with van der Waals surface area (Å²) in [4.78, 5) is 11.6. The summed E-state index contributed by atoms with van der Waals surface area (Å²) < 4.78 is 5.25. The van der Waals surface area contributed by atoms with Crippen molar-refractivity contribution < 1.29 is 14.6 Å². The molecular weight excluding hydrogens is 204 g/mol. The molecule has 0 heterocycles. The minimum Gasteiger partial charge on any atom is -0.460 e. The van der Waals surface area contributed by atoms with E-state index in [9.17, 15) is 9.90 Å². The number of hydrogen-bond donors (Lipinski definition) is 1. The van der Waals surface area contributed by atoms with Crippen LogP contribution in [0.3, 0.4) is 0 Å². The van der Waals surface area contributed by atoms with Gasteiger partial charge < -0.3 is 9.84 Å². The summed E-state index contributed by atoms with van der Waals surface area (Å²) in [5.74, 6) is 0.547. The maximum Gasteiger partial charge on any atom is 0.306 e. The third kappa shape index (κ3) is 6.11. The van der Waals surface area contributed by atoms with Crippen molar-refractivity contribution in [1.82, 2.24) is 0 Å². The van der Waals surface area contributed by atoms with Crippen LogP contribution in [-0.2, 0) is 9.53 Å². The van der Waals surface area contributed by atoms with Crippen LogP contribution in [-0.4, -0.2) is 23.3 Å². The van der Waals surface area contributed by atoms with Crippen molar-refractivity contribution in [3.05, 3.63) is 0 Å². The van der Waals surface area contributed by atoms with Gasteiger partial charge in [0.05, 0.1) is 6.42 Å². The molecule has 3 nitrogen and oxygen atoms in total. The number of rotatable bonds is 5. The molecule has 0 fully saturated rings. The Kier molecular flexibility index (Phi) is 6.01. The van der Waals surface area contributed by atoms with Gasteiger partial charge in [-0.1, -0.05) is 20.8 Å². The molecule has 2 atom stereocenters. The average Bonchev–Trinajstić information content (AvgIpc) is 2.09. The normalized spacial score (nSPS) is 16.0. The van der Waals surface area contributed by atoms with Gasteiger partial charge in [0.2, 0.25) is 0 Å². The highest BCUT2D eigenvalue weighted by Crippen LogP contribution is 2.24. The molecule has 0 aliphatic rings. The summed E-state index contributed by atoms with van der Waals surface area (Å²) in [5, 5.41) is 9.28. The van der Waals surface area contributed by atoms with Gasteiger partial charge in [-0.05, 0) is 38.5 Å². The summed E-state index contributed by atoms with van der Waals surface area (Å²) in [6, 6.07) is 0. The van der Waals surface area contributed by atoms with Crippen LogP contribution in [0.1, 0.15) is 48.0 Å². The third-order valence-corrected chi connectivity index (χ3v) is 2.88. The predicted molar refractivity (Wildman–Crippen MR) is 65.0 cm³/mol. The summed E-state index contributed by atoms with van der Waals surface area (Å²) in [7, 11) is 0. The topological polar surface area (TPSA) is 46.5 Å². The van der Waals surface area contributed by atoms with Crippen molar-refractivity contribution in [1.29, 1.82) is 0 Å². The van der Waals surface area contributed by atoms with Crippen LogP contribution >= 0.6 is 0 Å². The van der Waals surface area contributed by atoms with Crippen LogP contribution in [0.2, 0.25) is 0 Å². The van der Waals surface area contributed by atoms with Gasteiger partial charge in [0.25, 0.3) is 0 Å². The Morgan fingerprint density at radius 2 is 1.75 bits per heavy atom. The smallest absolute Gasteiger partial charge is 0.306 e. The van der Waals surface area contributed by atoms with Gasteiger partial charge in [-0.2, -0.15) is 0 Å². The molecule has 0 aromatic heterocycles. The average molecular weight is 230 g/mol. The van der Waals surface area contributed by atoms with Crippen molar-refractivity contribution in [2.45, 2.75) is 53.6 Å². The molecule has 0 bridgehead atoms. The van der Waals surface area contributed by atoms with E-state index in [2.05, 4.69) is 20.8 Å². The molecular formula is C13H26O3. The molecule has 0 aliphatic carbocycles. The van der Waals surface area contributed by atoms with Gasteiger partial charge in [0.15, 0.2) is 0 Å². The first-order valence-electron chi connectivity index (χ1n) is 6.00. The molecule has 0 saturated heterocycles. The number of carbonyl (C=O) groups is 1. The molecule has 0 spiro atoms. The quantitative estimate of drug-likeness (QED) is 0.738. The molecule has 0 rings (SSSR count). The Hall–Kier alpha value is -0.570. The zero-order chi connectivity index (χ0) is 12.9. The number of aliphatic hydroxyl groups is 1. The van der Waals surface area contributed by atoms with Crippen molar-refractivity contribution >= 4 is 5.97 Å². The summed E-state index contributed by atoms with van der Waals surface area (Å²) in [6.45, 7) is 11.9. The Balaban J connectivity index is 4.28. The molecule has 96 valence electrons. The zero-order valence-corrected chi connectivity index (χ0v) is 11.4. The molecule has 0 aliphatic heterocycles. The lowest BCUT2D eigenvalue weighted by molar-refractivity contribution is -0.157. The fraction of sp³-hybridized carbons (Fsp3) is 0.923. The molecule has 1 N–H and O–H groups in total. The van der Waals surface area contributed by atoms with Gasteiger partial charge in [-0.3, -0.25) is 4.79 Å². The first-order valence-corrected chi connectivity index (χ1v) is 6.00. The summed E-state index contributed by atoms with van der Waals surface area (Å²) >= 11 is 0. The van der Waals surface area contributed by atoms with Gasteiger partial charge >= 0.3 is 5.97 Å². The molecule has 0 aromatic carbocycles. The van der Waals surface area contributed by atoms with Crippen LogP contribution in [0.5, 0.6) is 0 Å². The standard InChI is InChI=1S/C13H26O3/c1-9(2)10(3)11(8-14)7-12(15)16-13(4,5)6/h9-11,14H,7-8H2,1-6H3. The molecule has 16 heavy (non-hydrogen) atoms. The Labute approximate surface area is 99.2 Å². The third-order valence-electron chi connectivity index (χ3n) is 2.88. The van der Waals surface area contributed by atoms with Crippen molar-refractivity contribution in [2.75, 3.05) is 6.61 Å². The van der Waals surface area contributed by atoms with Gasteiger partial charge in [-0.25, -0.2) is 0 Å². The largest absolute Gasteiger partial charge is 0.460 e. The summed E-state index contributed by atoms with van der Waals surface area (Å²) in [6.07, 6.45) is 0.299. The fourth-order valence-electron chi connectivity index (χ4n) is 1.56. The highest BCUT2D eigenvalue weighted by molar-refractivity contribution is 5.70. The highest BCUT2D eigenvalue weighted by Gasteiger charge is 2.25. The van der Waals surface area contributed by atoms with Crippen LogP contribution in [0.4, 0.5) is 0 Å². The second-order valence-corrected chi connectivity index (χ2v) is 5.84. The second kappa shape index (κ2) is 6.24. The van der Waals surface area contributed by atoms with E-state index in [1.165, 1.54) is 0 Å². The van der Waals surface area contributed by atoms with E-state index >= 15 is 0 Å². The zero-order valence-electron chi connectivity index (χ0n) is 11.4. The first kappa shape index (κ1) is 15.4. The molecule has 3 heteroatoms. The first-order chi connectivity index (χ1) is 7.17. The van der Waals surface area contributed by atoms with E-state index in [4.69, 9.17) is 4.74 Å². The number of ether oxygens (including phenoxy) is 1. The van der Waals surface area contributed by atoms with Crippen LogP contribution in [0.15, 0.2) is 0 Å². The van der Waals surface area contributed by atoms with Crippen molar-refractivity contribution in [3.63, 3.8) is 0 Å². The fourth-order valence-corrected chi connectivity index (χ4v) is 1.56. The maximum absolute atomic E-state index is 11.6. The Morgan fingerprint density at radius 1 is 1.25 bits per heavy atom. The SMILES string of the molecule is CC(C)C(C)C(CO)CC(=O)OC(C)(C)C. The van der Waals surface area contributed by atoms with E-state index in [0.717, 1.165) is 0 Å². The minimum absolute atomic E-state index is 0.00477. The lowest BCUT2D eigenvalue weighted by Crippen LogP contribution is -2.29. The van der Waals surface area contributed by atoms with E-state index in [1.54, 1.807) is 0 Å². The minimum atomic E-state index is -0.446. The monoisotopic (exact) mass is 230 g/mol. The van der Waals surface area contributed by atoms with Crippen LogP contribution in [0.25, 0.3) is 0 Å². The molecule has 0 aromatic rings. The highest BCUT2D eigenvalue weighted by atomic mass is 16.6. The molecule has 0 saturated carbocycles. The Morgan fingerprint density at radius 3 is 2.06 bits per heavy atom. The van der Waals surface area contributed by atoms with E-state index in [0.29, 0.717) is 18.3 Å². The number of aliphatic hydroxyl groups excluding tert-OH is 1. The Bertz CT molecular complexity index is 216. The van der Waals surface area contributed by atoms with Crippen LogP contribution in [0, 0.1) is 17.8 Å². The van der Waals surface area contributed by atoms with Crippen LogP contribution < -0.4 is 0 Å². The number of hydrogen-bond acceptors (Lipinski definition) is 3. The maximum atomic E-state index is 11.6. The predicted octanol–water partition coefficient (Wildman–Crippen LogP) is 2.62. The lowest BCUT2D eigenvalue weighted by Gasteiger charge is -2.26.